The summed E-state index contributed by atoms with van der Waals surface area (Å²) in [5.41, 5.74) is 8.00. The summed E-state index contributed by atoms with van der Waals surface area (Å²) in [6.07, 6.45) is 5.95. The van der Waals surface area contributed by atoms with Crippen molar-refractivity contribution in [1.82, 2.24) is 10.3 Å². The van der Waals surface area contributed by atoms with Gasteiger partial charge < -0.3 is 16.0 Å². The van der Waals surface area contributed by atoms with Gasteiger partial charge in [-0.3, -0.25) is 4.79 Å². The van der Waals surface area contributed by atoms with E-state index in [2.05, 4.69) is 10.3 Å². The summed E-state index contributed by atoms with van der Waals surface area (Å²) < 4.78 is 0. The van der Waals surface area contributed by atoms with Gasteiger partial charge in [0.15, 0.2) is 0 Å². The maximum atomic E-state index is 12.3. The number of carbonyl (C=O) groups is 1. The van der Waals surface area contributed by atoms with E-state index in [1.54, 1.807) is 0 Å². The van der Waals surface area contributed by atoms with Crippen molar-refractivity contribution in [3.05, 3.63) is 35.0 Å². The van der Waals surface area contributed by atoms with Crippen molar-refractivity contribution in [2.24, 2.45) is 17.6 Å². The number of amides is 1. The third kappa shape index (κ3) is 4.00. The Kier molecular flexibility index (Phi) is 6.33. The van der Waals surface area contributed by atoms with Gasteiger partial charge in [-0.05, 0) is 55.5 Å². The molecule has 126 valence electrons. The molecular formula is C17H23Cl2N3O. The fourth-order valence-electron chi connectivity index (χ4n) is 3.47. The lowest BCUT2D eigenvalue weighted by atomic mass is 9.95. The quantitative estimate of drug-likeness (QED) is 0.769. The molecule has 1 heterocycles. The zero-order chi connectivity index (χ0) is 15.5. The van der Waals surface area contributed by atoms with Gasteiger partial charge >= 0.3 is 0 Å². The van der Waals surface area contributed by atoms with Crippen LogP contribution in [0.1, 0.15) is 24.8 Å². The first-order valence-corrected chi connectivity index (χ1v) is 8.30. The molecule has 0 saturated heterocycles. The molecule has 2 atom stereocenters. The van der Waals surface area contributed by atoms with Gasteiger partial charge in [-0.1, -0.05) is 18.0 Å². The van der Waals surface area contributed by atoms with Gasteiger partial charge in [0, 0.05) is 34.6 Å². The van der Waals surface area contributed by atoms with Crippen LogP contribution in [0, 0.1) is 11.8 Å². The maximum absolute atomic E-state index is 12.3. The third-order valence-electron chi connectivity index (χ3n) is 4.72. The second-order valence-electron chi connectivity index (χ2n) is 6.08. The molecule has 0 aliphatic heterocycles. The number of halogens is 2. The van der Waals surface area contributed by atoms with Crippen LogP contribution in [0.4, 0.5) is 0 Å². The molecule has 1 amide bonds. The summed E-state index contributed by atoms with van der Waals surface area (Å²) in [5.74, 6) is 0.611. The lowest BCUT2D eigenvalue weighted by Crippen LogP contribution is -2.36. The fraction of sp³-hybridized carbons (Fsp3) is 0.471. The molecule has 1 aliphatic rings. The summed E-state index contributed by atoms with van der Waals surface area (Å²) >= 11 is 6.05. The smallest absolute Gasteiger partial charge is 0.223 e. The first-order chi connectivity index (χ1) is 10.7. The summed E-state index contributed by atoms with van der Waals surface area (Å²) in [7, 11) is 0. The molecule has 0 bridgehead atoms. The largest absolute Gasteiger partial charge is 0.361 e. The number of carbonyl (C=O) groups excluding carboxylic acids is 1. The Balaban J connectivity index is 0.00000192. The summed E-state index contributed by atoms with van der Waals surface area (Å²) in [6, 6.07) is 5.81. The highest BCUT2D eigenvalue weighted by Crippen LogP contribution is 2.31. The van der Waals surface area contributed by atoms with Crippen molar-refractivity contribution in [3.63, 3.8) is 0 Å². The molecule has 0 spiro atoms. The van der Waals surface area contributed by atoms with E-state index in [1.807, 2.05) is 24.4 Å². The molecule has 1 aromatic heterocycles. The van der Waals surface area contributed by atoms with Crippen LogP contribution < -0.4 is 11.1 Å². The minimum atomic E-state index is 0. The molecule has 1 aliphatic carbocycles. The Labute approximate surface area is 147 Å². The standard InChI is InChI=1S/C17H22ClN3O.ClH/c18-13-4-5-16-15(8-13)12(10-21-16)6-7-20-17(22)14-3-1-2-11(14)9-19;/h4-5,8,10-11,14,21H,1-3,6-7,9,19H2,(H,20,22);1H/t11-,14-;/m1./s1. The van der Waals surface area contributed by atoms with Crippen LogP contribution in [-0.4, -0.2) is 24.0 Å². The average Bonchev–Trinajstić information content (AvgIpc) is 3.13. The molecule has 0 radical (unpaired) electrons. The van der Waals surface area contributed by atoms with Crippen molar-refractivity contribution in [2.45, 2.75) is 25.7 Å². The molecule has 23 heavy (non-hydrogen) atoms. The van der Waals surface area contributed by atoms with E-state index in [0.29, 0.717) is 19.0 Å². The Bertz CT molecular complexity index is 671. The average molecular weight is 356 g/mol. The van der Waals surface area contributed by atoms with Crippen LogP contribution in [-0.2, 0) is 11.2 Å². The number of fused-ring (bicyclic) bond motifs is 1. The number of aromatic nitrogens is 1. The van der Waals surface area contributed by atoms with Gasteiger partial charge in [0.2, 0.25) is 5.91 Å². The fourth-order valence-corrected chi connectivity index (χ4v) is 3.65. The van der Waals surface area contributed by atoms with E-state index >= 15 is 0 Å². The Hall–Kier alpha value is -1.23. The number of rotatable bonds is 5. The number of nitrogens with one attached hydrogen (secondary N) is 2. The molecule has 3 rings (SSSR count). The van der Waals surface area contributed by atoms with E-state index in [1.165, 1.54) is 5.56 Å². The summed E-state index contributed by atoms with van der Waals surface area (Å²) in [4.78, 5) is 15.5. The second kappa shape index (κ2) is 8.04. The van der Waals surface area contributed by atoms with Crippen LogP contribution in [0.25, 0.3) is 10.9 Å². The lowest BCUT2D eigenvalue weighted by Gasteiger charge is -2.17. The van der Waals surface area contributed by atoms with Gasteiger partial charge in [-0.25, -0.2) is 0 Å². The molecule has 4 N–H and O–H groups in total. The van der Waals surface area contributed by atoms with Crippen LogP contribution in [0.3, 0.4) is 0 Å². The van der Waals surface area contributed by atoms with Gasteiger partial charge in [0.25, 0.3) is 0 Å². The molecule has 6 heteroatoms. The molecule has 4 nitrogen and oxygen atoms in total. The zero-order valence-corrected chi connectivity index (χ0v) is 14.6. The number of hydrogen-bond donors (Lipinski definition) is 3. The molecular weight excluding hydrogens is 333 g/mol. The number of H-pyrrole nitrogens is 1. The lowest BCUT2D eigenvalue weighted by molar-refractivity contribution is -0.125. The van der Waals surface area contributed by atoms with Crippen molar-refractivity contribution < 1.29 is 4.79 Å². The molecule has 0 unspecified atom stereocenters. The Morgan fingerprint density at radius 3 is 3.00 bits per heavy atom. The third-order valence-corrected chi connectivity index (χ3v) is 4.96. The highest BCUT2D eigenvalue weighted by molar-refractivity contribution is 6.31. The van der Waals surface area contributed by atoms with Gasteiger partial charge in [-0.2, -0.15) is 0 Å². The van der Waals surface area contributed by atoms with Crippen LogP contribution in [0.2, 0.25) is 5.02 Å². The topological polar surface area (TPSA) is 70.9 Å². The SMILES string of the molecule is Cl.NC[C@H]1CCC[C@H]1C(=O)NCCc1c[nH]c2ccc(Cl)cc12. The highest BCUT2D eigenvalue weighted by Gasteiger charge is 2.31. The van der Waals surface area contributed by atoms with E-state index in [9.17, 15) is 4.79 Å². The minimum absolute atomic E-state index is 0. The molecule has 2 aromatic rings. The monoisotopic (exact) mass is 355 g/mol. The van der Waals surface area contributed by atoms with Crippen molar-refractivity contribution in [1.29, 1.82) is 0 Å². The zero-order valence-electron chi connectivity index (χ0n) is 13.0. The first kappa shape index (κ1) is 18.1. The molecule has 1 saturated carbocycles. The number of hydrogen-bond acceptors (Lipinski definition) is 2. The minimum Gasteiger partial charge on any atom is -0.361 e. The van der Waals surface area contributed by atoms with Gasteiger partial charge in [-0.15, -0.1) is 12.4 Å². The van der Waals surface area contributed by atoms with Gasteiger partial charge in [0.1, 0.15) is 0 Å². The van der Waals surface area contributed by atoms with Gasteiger partial charge in [0.05, 0.1) is 0 Å². The van der Waals surface area contributed by atoms with E-state index in [4.69, 9.17) is 17.3 Å². The molecule has 1 fully saturated rings. The second-order valence-corrected chi connectivity index (χ2v) is 6.51. The predicted molar refractivity (Wildman–Crippen MR) is 97.2 cm³/mol. The van der Waals surface area contributed by atoms with Crippen LogP contribution >= 0.6 is 24.0 Å². The predicted octanol–water partition coefficient (Wildman–Crippen LogP) is 3.28. The maximum Gasteiger partial charge on any atom is 0.223 e. The van der Waals surface area contributed by atoms with Crippen molar-refractivity contribution >= 4 is 40.8 Å². The van der Waals surface area contributed by atoms with Crippen molar-refractivity contribution in [3.8, 4) is 0 Å². The van der Waals surface area contributed by atoms with E-state index in [-0.39, 0.29) is 24.2 Å². The summed E-state index contributed by atoms with van der Waals surface area (Å²) in [6.45, 7) is 1.26. The Morgan fingerprint density at radius 1 is 1.39 bits per heavy atom. The van der Waals surface area contributed by atoms with Crippen LogP contribution in [0.5, 0.6) is 0 Å². The summed E-state index contributed by atoms with van der Waals surface area (Å²) in [5, 5.41) is 4.92. The van der Waals surface area contributed by atoms with Crippen LogP contribution in [0.15, 0.2) is 24.4 Å². The highest BCUT2D eigenvalue weighted by atomic mass is 35.5. The normalized spacial score (nSPS) is 20.4. The van der Waals surface area contributed by atoms with Crippen molar-refractivity contribution in [2.75, 3.05) is 13.1 Å². The first-order valence-electron chi connectivity index (χ1n) is 7.92. The van der Waals surface area contributed by atoms with E-state index < -0.39 is 0 Å². The number of benzene rings is 1. The Morgan fingerprint density at radius 2 is 2.22 bits per heavy atom. The number of aromatic amines is 1. The number of nitrogens with two attached hydrogens (primary N) is 1. The molecule has 1 aromatic carbocycles. The van der Waals surface area contributed by atoms with E-state index in [0.717, 1.165) is 41.6 Å².